The van der Waals surface area contributed by atoms with E-state index in [9.17, 15) is 14.7 Å². The van der Waals surface area contributed by atoms with E-state index in [2.05, 4.69) is 32.2 Å². The zero-order chi connectivity index (χ0) is 38.9. The molecule has 288 valence electrons. The third-order valence-corrected chi connectivity index (χ3v) is 16.4. The van der Waals surface area contributed by atoms with Gasteiger partial charge in [-0.3, -0.25) is 14.4 Å². The topological polar surface area (TPSA) is 109 Å². The summed E-state index contributed by atoms with van der Waals surface area (Å²) in [5, 5.41) is 11.2. The number of fused-ring (bicyclic) bond motifs is 2. The van der Waals surface area contributed by atoms with E-state index < -0.39 is 19.8 Å². The molecule has 1 N–H and O–H groups in total. The van der Waals surface area contributed by atoms with E-state index in [4.69, 9.17) is 14.2 Å². The van der Waals surface area contributed by atoms with Crippen LogP contribution in [0.5, 0.6) is 11.5 Å². The Balaban J connectivity index is 1.29. The van der Waals surface area contributed by atoms with Crippen LogP contribution in [0.3, 0.4) is 0 Å². The second-order valence-corrected chi connectivity index (χ2v) is 20.2. The molecule has 55 heavy (non-hydrogen) atoms. The van der Waals surface area contributed by atoms with E-state index in [1.807, 2.05) is 89.8 Å². The van der Waals surface area contributed by atoms with Crippen LogP contribution in [-0.4, -0.2) is 75.8 Å². The highest BCUT2D eigenvalue weighted by Gasteiger charge is 2.66. The monoisotopic (exact) mass is 761 g/mol. The third kappa shape index (κ3) is 7.05. The zero-order valence-electron chi connectivity index (χ0n) is 32.4. The molecule has 4 atom stereocenters. The highest BCUT2D eigenvalue weighted by Crippen LogP contribution is 2.60. The normalized spacial score (nSPS) is 22.0. The van der Waals surface area contributed by atoms with Gasteiger partial charge < -0.3 is 34.0 Å². The van der Waals surface area contributed by atoms with Crippen LogP contribution >= 0.6 is 0 Å². The third-order valence-electron chi connectivity index (χ3n) is 12.0. The Morgan fingerprint density at radius 1 is 0.927 bits per heavy atom. The number of hydrogen-bond donors (Lipinski definition) is 1. The molecule has 2 fully saturated rings. The smallest absolute Gasteiger partial charge is 0.264 e. The standard InChI is InChI=1S/C44H51N3O7Si/c1-30-42(55(4,5)36-19-16-34(52-2)17-20-36)39(27-41(50)45(23-24-48)28-31-11-7-6-8-12-31)54-44(30)37-26-35(53-3)18-21-38(37)47(43(44)51)29-32-13-9-14-33(25-32)46-22-10-15-40(46)49/h6-9,11-14,16-21,25-26,30,39,42,48H,10,15,22-24,27-29H2,1-5H3/t30-,39+,42-,44+/m0/s1. The lowest BCUT2D eigenvalue weighted by atomic mass is 9.82. The summed E-state index contributed by atoms with van der Waals surface area (Å²) in [5.41, 5.74) is 2.60. The minimum Gasteiger partial charge on any atom is -0.497 e. The van der Waals surface area contributed by atoms with Crippen molar-refractivity contribution in [1.82, 2.24) is 4.90 Å². The molecule has 11 heteroatoms. The summed E-state index contributed by atoms with van der Waals surface area (Å²) in [6.45, 7) is 8.01. The Morgan fingerprint density at radius 2 is 1.64 bits per heavy atom. The molecule has 3 aliphatic heterocycles. The SMILES string of the molecule is COc1ccc([Si](C)(C)[C@@H]2[C@@H](CC(=O)N(CCO)Cc3ccccc3)O[C@]3(C(=O)N(Cc4cccc(N5CCCC5=O)c4)c4ccc(OC)cc43)[C@H]2C)cc1. The predicted octanol–water partition coefficient (Wildman–Crippen LogP) is 6.00. The van der Waals surface area contributed by atoms with Gasteiger partial charge in [-0.05, 0) is 65.6 Å². The Kier molecular flexibility index (Phi) is 10.9. The number of anilines is 2. The largest absolute Gasteiger partial charge is 0.497 e. The molecule has 0 aromatic heterocycles. The molecular weight excluding hydrogens is 711 g/mol. The number of hydrogen-bond acceptors (Lipinski definition) is 7. The van der Waals surface area contributed by atoms with Gasteiger partial charge in [-0.1, -0.05) is 79.8 Å². The van der Waals surface area contributed by atoms with Gasteiger partial charge in [-0.15, -0.1) is 0 Å². The average molecular weight is 762 g/mol. The van der Waals surface area contributed by atoms with Crippen LogP contribution in [0.25, 0.3) is 0 Å². The molecule has 2 saturated heterocycles. The summed E-state index contributed by atoms with van der Waals surface area (Å²) in [6.07, 6.45) is 0.809. The summed E-state index contributed by atoms with van der Waals surface area (Å²) in [7, 11) is 0.724. The quantitative estimate of drug-likeness (QED) is 0.167. The number of amides is 3. The van der Waals surface area contributed by atoms with Gasteiger partial charge in [0.15, 0.2) is 5.60 Å². The van der Waals surface area contributed by atoms with E-state index in [1.54, 1.807) is 24.0 Å². The van der Waals surface area contributed by atoms with Gasteiger partial charge >= 0.3 is 0 Å². The Bertz CT molecular complexity index is 2040. The van der Waals surface area contributed by atoms with Crippen LogP contribution < -0.4 is 24.5 Å². The van der Waals surface area contributed by atoms with E-state index in [0.717, 1.165) is 40.2 Å². The molecule has 0 aliphatic carbocycles. The van der Waals surface area contributed by atoms with Crippen molar-refractivity contribution in [2.45, 2.75) is 69.6 Å². The molecule has 0 unspecified atom stereocenters. The van der Waals surface area contributed by atoms with E-state index >= 15 is 4.79 Å². The Labute approximate surface area is 324 Å². The maximum Gasteiger partial charge on any atom is 0.264 e. The summed E-state index contributed by atoms with van der Waals surface area (Å²) in [5.74, 6) is 0.827. The summed E-state index contributed by atoms with van der Waals surface area (Å²) in [4.78, 5) is 47.7. The van der Waals surface area contributed by atoms with Crippen LogP contribution in [0.2, 0.25) is 18.6 Å². The first-order valence-corrected chi connectivity index (χ1v) is 22.2. The first-order chi connectivity index (χ1) is 26.5. The lowest BCUT2D eigenvalue weighted by Gasteiger charge is -2.37. The number of aliphatic hydroxyl groups excluding tert-OH is 1. The molecule has 10 nitrogen and oxygen atoms in total. The molecule has 4 aromatic carbocycles. The number of rotatable bonds is 13. The second-order valence-electron chi connectivity index (χ2n) is 15.5. The van der Waals surface area contributed by atoms with Crippen molar-refractivity contribution < 1.29 is 33.7 Å². The minimum absolute atomic E-state index is 0.0503. The number of benzene rings is 4. The number of carbonyl (C=O) groups excluding carboxylic acids is 3. The Hall–Kier alpha value is -4.97. The molecule has 0 saturated carbocycles. The summed E-state index contributed by atoms with van der Waals surface area (Å²) >= 11 is 0. The maximum absolute atomic E-state index is 15.4. The fourth-order valence-electron chi connectivity index (χ4n) is 9.22. The highest BCUT2D eigenvalue weighted by atomic mass is 28.3. The van der Waals surface area contributed by atoms with Crippen molar-refractivity contribution in [2.75, 3.05) is 43.7 Å². The first kappa shape index (κ1) is 38.3. The van der Waals surface area contributed by atoms with Gasteiger partial charge in [0, 0.05) is 43.2 Å². The second kappa shape index (κ2) is 15.6. The molecule has 1 spiro atoms. The predicted molar refractivity (Wildman–Crippen MR) is 215 cm³/mol. The molecule has 4 aromatic rings. The van der Waals surface area contributed by atoms with Crippen molar-refractivity contribution in [3.63, 3.8) is 0 Å². The van der Waals surface area contributed by atoms with Crippen LogP contribution in [0.1, 0.15) is 42.9 Å². The lowest BCUT2D eigenvalue weighted by molar-refractivity contribution is -0.150. The maximum atomic E-state index is 15.4. The fourth-order valence-corrected chi connectivity index (χ4v) is 13.2. The van der Waals surface area contributed by atoms with Crippen LogP contribution in [0.4, 0.5) is 11.4 Å². The van der Waals surface area contributed by atoms with Crippen molar-refractivity contribution >= 4 is 42.4 Å². The first-order valence-electron chi connectivity index (χ1n) is 19.2. The van der Waals surface area contributed by atoms with Crippen molar-refractivity contribution in [1.29, 1.82) is 0 Å². The molecule has 0 radical (unpaired) electrons. The van der Waals surface area contributed by atoms with Gasteiger partial charge in [0.2, 0.25) is 11.8 Å². The van der Waals surface area contributed by atoms with Crippen molar-refractivity contribution in [2.24, 2.45) is 5.92 Å². The zero-order valence-corrected chi connectivity index (χ0v) is 33.4. The minimum atomic E-state index is -2.53. The van der Waals surface area contributed by atoms with Gasteiger partial charge in [-0.2, -0.15) is 0 Å². The van der Waals surface area contributed by atoms with Gasteiger partial charge in [-0.25, -0.2) is 0 Å². The van der Waals surface area contributed by atoms with Gasteiger partial charge in [0.1, 0.15) is 11.5 Å². The molecule has 0 bridgehead atoms. The number of ether oxygens (including phenoxy) is 3. The van der Waals surface area contributed by atoms with Crippen molar-refractivity contribution in [3.8, 4) is 11.5 Å². The molecule has 3 aliphatic rings. The van der Waals surface area contributed by atoms with Crippen LogP contribution in [-0.2, 0) is 37.8 Å². The molecular formula is C44H51N3O7Si. The molecule has 3 amide bonds. The lowest BCUT2D eigenvalue weighted by Crippen LogP contribution is -2.52. The summed E-state index contributed by atoms with van der Waals surface area (Å²) in [6, 6.07) is 31.5. The van der Waals surface area contributed by atoms with E-state index in [-0.39, 0.29) is 55.3 Å². The van der Waals surface area contributed by atoms with Crippen LogP contribution in [0, 0.1) is 5.92 Å². The summed E-state index contributed by atoms with van der Waals surface area (Å²) < 4.78 is 18.5. The van der Waals surface area contributed by atoms with E-state index in [1.165, 1.54) is 5.19 Å². The van der Waals surface area contributed by atoms with Crippen LogP contribution in [0.15, 0.2) is 97.1 Å². The Morgan fingerprint density at radius 3 is 2.31 bits per heavy atom. The van der Waals surface area contributed by atoms with Gasteiger partial charge in [0.05, 0.1) is 53.7 Å². The highest BCUT2D eigenvalue weighted by molar-refractivity contribution is 6.91. The number of carbonyl (C=O) groups is 3. The average Bonchev–Trinajstić information content (AvgIpc) is 3.83. The number of aliphatic hydroxyl groups is 1. The van der Waals surface area contributed by atoms with Gasteiger partial charge in [0.25, 0.3) is 5.91 Å². The molecule has 7 rings (SSSR count). The fraction of sp³-hybridized carbons (Fsp3) is 0.386. The number of methoxy groups -OCH3 is 2. The molecule has 3 heterocycles. The van der Waals surface area contributed by atoms with Crippen molar-refractivity contribution in [3.05, 3.63) is 114 Å². The number of nitrogens with zero attached hydrogens (tertiary/aromatic N) is 3. The van der Waals surface area contributed by atoms with E-state index in [0.29, 0.717) is 25.3 Å².